The largest absolute Gasteiger partial charge is 0.494 e. The molecule has 1 aromatic carbocycles. The van der Waals surface area contributed by atoms with E-state index < -0.39 is 0 Å². The predicted octanol–water partition coefficient (Wildman–Crippen LogP) is 8.83. The topological polar surface area (TPSA) is 18.5 Å². The van der Waals surface area contributed by atoms with Crippen LogP contribution in [0.15, 0.2) is 24.3 Å². The molecule has 2 fully saturated rings. The molecule has 0 N–H and O–H groups in total. The second kappa shape index (κ2) is 14.1. The second-order valence-electron chi connectivity index (χ2n) is 10.4. The molecule has 176 valence electrons. The smallest absolute Gasteiger partial charge is 0.119 e. The van der Waals surface area contributed by atoms with E-state index in [0.29, 0.717) is 0 Å². The third-order valence-corrected chi connectivity index (χ3v) is 7.96. The van der Waals surface area contributed by atoms with E-state index in [1.165, 1.54) is 96.3 Å². The quantitative estimate of drug-likeness (QED) is 0.292. The number of hydrogen-bond donors (Lipinski definition) is 0. The van der Waals surface area contributed by atoms with Crippen LogP contribution in [0, 0.1) is 23.7 Å². The highest BCUT2D eigenvalue weighted by Gasteiger charge is 2.24. The van der Waals surface area contributed by atoms with Crippen LogP contribution in [0.1, 0.15) is 110 Å². The Morgan fingerprint density at radius 3 is 1.90 bits per heavy atom. The van der Waals surface area contributed by atoms with Crippen LogP contribution in [-0.4, -0.2) is 13.2 Å². The lowest BCUT2D eigenvalue weighted by atomic mass is 9.75. The van der Waals surface area contributed by atoms with Crippen LogP contribution in [0.4, 0.5) is 0 Å². The molecule has 2 saturated carbocycles. The summed E-state index contributed by atoms with van der Waals surface area (Å²) >= 11 is 0. The van der Waals surface area contributed by atoms with Gasteiger partial charge in [0.15, 0.2) is 0 Å². The third-order valence-electron chi connectivity index (χ3n) is 7.96. The minimum absolute atomic E-state index is 0.741. The number of benzene rings is 1. The summed E-state index contributed by atoms with van der Waals surface area (Å²) in [6.07, 6.45) is 20.7. The maximum Gasteiger partial charge on any atom is 0.119 e. The van der Waals surface area contributed by atoms with Crippen molar-refractivity contribution in [2.75, 3.05) is 13.2 Å². The number of ether oxygens (including phenoxy) is 2. The molecule has 0 bridgehead atoms. The van der Waals surface area contributed by atoms with Gasteiger partial charge in [-0.1, -0.05) is 84.5 Å². The Balaban J connectivity index is 1.29. The fourth-order valence-corrected chi connectivity index (χ4v) is 5.98. The second-order valence-corrected chi connectivity index (χ2v) is 10.4. The lowest BCUT2D eigenvalue weighted by Gasteiger charge is -2.31. The van der Waals surface area contributed by atoms with E-state index in [9.17, 15) is 0 Å². The normalized spacial score (nSPS) is 26.5. The Bertz CT molecular complexity index is 571. The maximum atomic E-state index is 6.10. The molecule has 1 aromatic rings. The van der Waals surface area contributed by atoms with Gasteiger partial charge in [0.1, 0.15) is 11.5 Å². The molecule has 2 heteroatoms. The first-order valence-electron chi connectivity index (χ1n) is 13.6. The molecule has 3 rings (SSSR count). The third kappa shape index (κ3) is 8.70. The van der Waals surface area contributed by atoms with Crippen LogP contribution in [-0.2, 0) is 0 Å². The number of hydrogen-bond acceptors (Lipinski definition) is 2. The van der Waals surface area contributed by atoms with Crippen LogP contribution in [0.3, 0.4) is 0 Å². The highest BCUT2D eigenvalue weighted by atomic mass is 16.5. The SMILES string of the molecule is CCCCC1CCC(COc2ccc(OCCCC3CCCCC3CCC)cc2)CC1. The van der Waals surface area contributed by atoms with Crippen LogP contribution >= 0.6 is 0 Å². The van der Waals surface area contributed by atoms with Crippen LogP contribution in [0.5, 0.6) is 11.5 Å². The number of rotatable bonds is 13. The molecule has 0 saturated heterocycles. The summed E-state index contributed by atoms with van der Waals surface area (Å²) in [5.41, 5.74) is 0. The zero-order valence-corrected chi connectivity index (χ0v) is 20.5. The Morgan fingerprint density at radius 1 is 0.645 bits per heavy atom. The molecule has 31 heavy (non-hydrogen) atoms. The monoisotopic (exact) mass is 428 g/mol. The van der Waals surface area contributed by atoms with Gasteiger partial charge in [0.25, 0.3) is 0 Å². The van der Waals surface area contributed by atoms with Gasteiger partial charge in [-0.25, -0.2) is 0 Å². The van der Waals surface area contributed by atoms with E-state index in [4.69, 9.17) is 9.47 Å². The molecular formula is C29H48O2. The van der Waals surface area contributed by atoms with Gasteiger partial charge in [-0.05, 0) is 73.6 Å². The average molecular weight is 429 g/mol. The summed E-state index contributed by atoms with van der Waals surface area (Å²) in [5.74, 6) is 5.60. The molecule has 0 radical (unpaired) electrons. The molecule has 0 aromatic heterocycles. The van der Waals surface area contributed by atoms with Crippen molar-refractivity contribution in [2.24, 2.45) is 23.7 Å². The average Bonchev–Trinajstić information content (AvgIpc) is 2.82. The van der Waals surface area contributed by atoms with Gasteiger partial charge < -0.3 is 9.47 Å². The summed E-state index contributed by atoms with van der Waals surface area (Å²) in [6, 6.07) is 8.33. The summed E-state index contributed by atoms with van der Waals surface area (Å²) in [6.45, 7) is 6.36. The summed E-state index contributed by atoms with van der Waals surface area (Å²) in [7, 11) is 0. The highest BCUT2D eigenvalue weighted by molar-refractivity contribution is 5.31. The Labute approximate surface area is 192 Å². The minimum Gasteiger partial charge on any atom is -0.494 e. The molecule has 0 amide bonds. The van der Waals surface area contributed by atoms with Gasteiger partial charge in [0, 0.05) is 0 Å². The zero-order valence-electron chi connectivity index (χ0n) is 20.5. The Morgan fingerprint density at radius 2 is 1.26 bits per heavy atom. The van der Waals surface area contributed by atoms with E-state index >= 15 is 0 Å². The van der Waals surface area contributed by atoms with Crippen molar-refractivity contribution in [1.82, 2.24) is 0 Å². The summed E-state index contributed by atoms with van der Waals surface area (Å²) < 4.78 is 12.1. The molecular weight excluding hydrogens is 380 g/mol. The van der Waals surface area contributed by atoms with Crippen molar-refractivity contribution in [1.29, 1.82) is 0 Å². The molecule has 2 unspecified atom stereocenters. The maximum absolute atomic E-state index is 6.10. The molecule has 0 spiro atoms. The molecule has 0 aliphatic heterocycles. The van der Waals surface area contributed by atoms with Crippen molar-refractivity contribution in [3.8, 4) is 11.5 Å². The van der Waals surface area contributed by atoms with E-state index in [0.717, 1.165) is 48.4 Å². The molecule has 2 nitrogen and oxygen atoms in total. The Kier molecular flexibility index (Phi) is 11.1. The first kappa shape index (κ1) is 24.5. The summed E-state index contributed by atoms with van der Waals surface area (Å²) in [4.78, 5) is 0. The van der Waals surface area contributed by atoms with E-state index in [1.54, 1.807) is 0 Å². The lowest BCUT2D eigenvalue weighted by Crippen LogP contribution is -2.20. The Hall–Kier alpha value is -1.18. The van der Waals surface area contributed by atoms with Crippen molar-refractivity contribution < 1.29 is 9.47 Å². The van der Waals surface area contributed by atoms with Gasteiger partial charge in [0.05, 0.1) is 13.2 Å². The molecule has 2 aliphatic carbocycles. The zero-order chi connectivity index (χ0) is 21.7. The molecule has 2 aliphatic rings. The standard InChI is InChI=1S/C29H48O2/c1-3-5-10-24-14-16-25(17-15-24)23-31-29-20-18-28(19-21-29)30-22-8-13-27-12-7-6-11-26(27)9-4-2/h18-21,24-27H,3-17,22-23H2,1-2H3. The van der Waals surface area contributed by atoms with E-state index in [-0.39, 0.29) is 0 Å². The van der Waals surface area contributed by atoms with Gasteiger partial charge in [0.2, 0.25) is 0 Å². The van der Waals surface area contributed by atoms with Crippen LogP contribution in [0.2, 0.25) is 0 Å². The van der Waals surface area contributed by atoms with Gasteiger partial charge in [-0.15, -0.1) is 0 Å². The van der Waals surface area contributed by atoms with Gasteiger partial charge in [-0.3, -0.25) is 0 Å². The van der Waals surface area contributed by atoms with Gasteiger partial charge in [-0.2, -0.15) is 0 Å². The fraction of sp³-hybridized carbons (Fsp3) is 0.793. The van der Waals surface area contributed by atoms with Crippen molar-refractivity contribution >= 4 is 0 Å². The first-order chi connectivity index (χ1) is 15.3. The van der Waals surface area contributed by atoms with Crippen molar-refractivity contribution in [3.05, 3.63) is 24.3 Å². The highest BCUT2D eigenvalue weighted by Crippen LogP contribution is 2.36. The van der Waals surface area contributed by atoms with Crippen molar-refractivity contribution in [2.45, 2.75) is 110 Å². The van der Waals surface area contributed by atoms with E-state index in [2.05, 4.69) is 38.1 Å². The van der Waals surface area contributed by atoms with E-state index in [1.807, 2.05) is 0 Å². The number of unbranched alkanes of at least 4 members (excludes halogenated alkanes) is 1. The van der Waals surface area contributed by atoms with Crippen molar-refractivity contribution in [3.63, 3.8) is 0 Å². The predicted molar refractivity (Wildman–Crippen MR) is 132 cm³/mol. The molecule has 0 heterocycles. The fourth-order valence-electron chi connectivity index (χ4n) is 5.98. The first-order valence-corrected chi connectivity index (χ1v) is 13.6. The lowest BCUT2D eigenvalue weighted by molar-refractivity contribution is 0.177. The summed E-state index contributed by atoms with van der Waals surface area (Å²) in [5, 5.41) is 0. The minimum atomic E-state index is 0.741. The van der Waals surface area contributed by atoms with Crippen LogP contribution in [0.25, 0.3) is 0 Å². The van der Waals surface area contributed by atoms with Gasteiger partial charge >= 0.3 is 0 Å². The van der Waals surface area contributed by atoms with Crippen LogP contribution < -0.4 is 9.47 Å². The molecule has 2 atom stereocenters.